The maximum absolute atomic E-state index is 15.0. The van der Waals surface area contributed by atoms with Gasteiger partial charge in [0, 0.05) is 104 Å². The lowest BCUT2D eigenvalue weighted by Gasteiger charge is -2.31. The fourth-order valence-electron chi connectivity index (χ4n) is 11.4. The number of carbonyl (C=O) groups is 10. The van der Waals surface area contributed by atoms with Crippen molar-refractivity contribution in [3.63, 3.8) is 0 Å². The number of halogens is 1. The summed E-state index contributed by atoms with van der Waals surface area (Å²) in [6.07, 6.45) is 6.28. The number of thioether (sulfide) groups is 2. The Morgan fingerprint density at radius 1 is 0.667 bits per heavy atom. The van der Waals surface area contributed by atoms with Crippen LogP contribution in [0, 0.1) is 5.82 Å². The fraction of sp³-hybridized carbons (Fsp3) is 0.453. The number of aromatic nitrogens is 2. The number of ketones is 1. The molecule has 2 fully saturated rings. The highest BCUT2D eigenvalue weighted by molar-refractivity contribution is 7.98. The number of carbonyl (C=O) groups excluding carboxylic acids is 10. The van der Waals surface area contributed by atoms with E-state index in [0.29, 0.717) is 77.1 Å². The van der Waals surface area contributed by atoms with Gasteiger partial charge in [-0.1, -0.05) is 42.5 Å². The largest absolute Gasteiger partial charge is 0.508 e. The molecule has 3 aliphatic heterocycles. The van der Waals surface area contributed by atoms with Crippen LogP contribution in [0.5, 0.6) is 5.75 Å². The molecule has 12 N–H and O–H groups in total. The zero-order chi connectivity index (χ0) is 64.3. The van der Waals surface area contributed by atoms with Crippen LogP contribution in [-0.4, -0.2) is 163 Å². The standard InChI is InChI=1S/C64H79FN12O11S2/c1-38-59(83)73-50(29-39-14-17-45(78)18-15-39)63(87)77-26-7-13-54(77)62(86)75-52(58(67)82)37-90-36-42-9-4-8-41(28-42)35-89-27-22-57(81)71-48(11-2-3-23-66)55(79)20-21-56(80)72-49(31-43-34-69-47-19-16-44(65)32-46(43)47)60(84)74-51(30-40-10-5-24-68-33-40)64(88)76-25-6-12-53(76)61(85)70-38/h4-5,8-10,14-19,24,28,32-34,38,48-54,69,78H,2-3,6-7,11-13,20-23,25-27,29-31,35-37,66H2,1H3,(H2,67,82)(H,70,85)(H,71,81)(H,72,80)(H,73,83)(H,74,84)(H,75,86)/t38-,48-,49-,50-,51-,52-,53-,54-/m0/s1. The molecule has 5 aromatic rings. The van der Waals surface area contributed by atoms with E-state index in [1.165, 1.54) is 83.0 Å². The molecule has 26 heteroatoms. The van der Waals surface area contributed by atoms with Gasteiger partial charge in [0.1, 0.15) is 53.9 Å². The van der Waals surface area contributed by atoms with Gasteiger partial charge in [0.15, 0.2) is 5.78 Å². The number of nitrogens with two attached hydrogens (primary N) is 2. The molecule has 5 heterocycles. The van der Waals surface area contributed by atoms with Crippen molar-refractivity contribution in [2.75, 3.05) is 31.1 Å². The number of hydrogen-bond acceptors (Lipinski definition) is 15. The predicted octanol–water partition coefficient (Wildman–Crippen LogP) is 2.88. The number of aromatic amines is 1. The highest BCUT2D eigenvalue weighted by Crippen LogP contribution is 2.26. The average molecular weight is 1280 g/mol. The predicted molar refractivity (Wildman–Crippen MR) is 338 cm³/mol. The number of hydrogen-bond donors (Lipinski definition) is 10. The molecule has 8 atom stereocenters. The van der Waals surface area contributed by atoms with Gasteiger partial charge in [0.2, 0.25) is 53.2 Å². The number of primary amides is 1. The van der Waals surface area contributed by atoms with E-state index in [0.717, 1.165) is 11.1 Å². The first kappa shape index (κ1) is 67.6. The van der Waals surface area contributed by atoms with Crippen molar-refractivity contribution in [3.8, 4) is 5.75 Å². The average Bonchev–Trinajstić information content (AvgIpc) is 2.87. The molecule has 0 unspecified atom stereocenters. The Kier molecular flexibility index (Phi) is 24.7. The van der Waals surface area contributed by atoms with Gasteiger partial charge in [0.05, 0.1) is 6.04 Å². The molecule has 90 heavy (non-hydrogen) atoms. The highest BCUT2D eigenvalue weighted by Gasteiger charge is 2.42. The lowest BCUT2D eigenvalue weighted by Crippen LogP contribution is -2.60. The molecule has 9 amide bonds. The van der Waals surface area contributed by atoms with Gasteiger partial charge >= 0.3 is 0 Å². The van der Waals surface area contributed by atoms with Gasteiger partial charge in [-0.3, -0.25) is 52.9 Å². The first-order chi connectivity index (χ1) is 43.3. The number of unbranched alkanes of at least 4 members (excludes halogenated alkanes) is 1. The summed E-state index contributed by atoms with van der Waals surface area (Å²) < 4.78 is 14.7. The van der Waals surface area contributed by atoms with Gasteiger partial charge in [-0.25, -0.2) is 4.39 Å². The normalized spacial score (nSPS) is 24.0. The third-order valence-corrected chi connectivity index (χ3v) is 18.4. The van der Waals surface area contributed by atoms with Crippen LogP contribution in [0.1, 0.15) is 98.9 Å². The number of rotatable bonds is 11. The van der Waals surface area contributed by atoms with Crippen LogP contribution in [0.3, 0.4) is 0 Å². The SMILES string of the molecule is C[C@@H]1NC(=O)[C@@H]2CCCN2C(=O)[C@H](Cc2cccnc2)NC(=O)[C@H](Cc2c[nH]c3ccc(F)cc23)NC(=O)CCC(=O)[C@H](CCCCN)NC(=O)CCSCc2cccc(c2)CSC[C@@H](C(N)=O)NC(=O)[C@@H]2CCCN2C(=O)[C@H](Cc2ccc(O)cc2)NC1=O. The van der Waals surface area contributed by atoms with Crippen LogP contribution in [0.25, 0.3) is 10.9 Å². The van der Waals surface area contributed by atoms with E-state index in [9.17, 15) is 57.4 Å². The van der Waals surface area contributed by atoms with Gasteiger partial charge in [-0.2, -0.15) is 23.5 Å². The fourth-order valence-corrected chi connectivity index (χ4v) is 13.3. The molecule has 23 nitrogen and oxygen atoms in total. The number of phenols is 1. The second-order valence-corrected chi connectivity index (χ2v) is 25.1. The van der Waals surface area contributed by atoms with E-state index in [1.54, 1.807) is 30.5 Å². The van der Waals surface area contributed by atoms with Crippen molar-refractivity contribution in [2.45, 2.75) is 150 Å². The number of benzene rings is 3. The molecule has 2 saturated heterocycles. The Balaban J connectivity index is 1.06. The molecule has 2 aromatic heterocycles. The van der Waals surface area contributed by atoms with Crippen LogP contribution in [0.4, 0.5) is 4.39 Å². The number of pyridine rings is 1. The second kappa shape index (κ2) is 32.9. The molecular formula is C64H79FN12O11S2. The summed E-state index contributed by atoms with van der Waals surface area (Å²) in [4.78, 5) is 151. The number of nitrogens with zero attached hydrogens (tertiary/aromatic N) is 3. The molecule has 3 aliphatic rings. The minimum absolute atomic E-state index is 0.0329. The van der Waals surface area contributed by atoms with Crippen LogP contribution in [-0.2, 0) is 78.7 Å². The van der Waals surface area contributed by atoms with Crippen molar-refractivity contribution < 1.29 is 57.4 Å². The number of phenolic OH excluding ortho intramolecular Hbond substituents is 1. The van der Waals surface area contributed by atoms with Crippen LogP contribution in [0.15, 0.2) is 97.5 Å². The molecule has 0 radical (unpaired) electrons. The number of amides is 9. The van der Waals surface area contributed by atoms with Gasteiger partial charge in [-0.15, -0.1) is 0 Å². The van der Waals surface area contributed by atoms with Crippen LogP contribution < -0.4 is 43.4 Å². The van der Waals surface area contributed by atoms with Crippen LogP contribution >= 0.6 is 23.5 Å². The van der Waals surface area contributed by atoms with E-state index in [-0.39, 0.29) is 88.3 Å². The molecular weight excluding hydrogens is 1200 g/mol. The molecule has 2 bridgehead atoms. The quantitative estimate of drug-likeness (QED) is 0.0851. The number of Topliss-reactive ketones (excluding diaryl/α,β-unsaturated/α-hetero) is 1. The minimum Gasteiger partial charge on any atom is -0.508 e. The molecule has 3 aromatic carbocycles. The summed E-state index contributed by atoms with van der Waals surface area (Å²) in [6.45, 7) is 2.01. The number of aromatic hydroxyl groups is 1. The maximum Gasteiger partial charge on any atom is 0.246 e. The minimum atomic E-state index is -1.40. The first-order valence-corrected chi connectivity index (χ1v) is 32.7. The Morgan fingerprint density at radius 3 is 1.98 bits per heavy atom. The monoisotopic (exact) mass is 1270 g/mol. The van der Waals surface area contributed by atoms with Crippen molar-refractivity contribution >= 4 is 93.4 Å². The Hall–Kier alpha value is -8.36. The Labute approximate surface area is 529 Å². The summed E-state index contributed by atoms with van der Waals surface area (Å²) in [6, 6.07) is 11.7. The van der Waals surface area contributed by atoms with Crippen molar-refractivity contribution in [1.82, 2.24) is 51.7 Å². The molecule has 0 spiro atoms. The van der Waals surface area contributed by atoms with Gasteiger partial charge < -0.3 is 63.3 Å². The third kappa shape index (κ3) is 19.1. The smallest absolute Gasteiger partial charge is 0.246 e. The van der Waals surface area contributed by atoms with E-state index in [2.05, 4.69) is 41.9 Å². The molecule has 0 aliphatic carbocycles. The Bertz CT molecular complexity index is 3380. The van der Waals surface area contributed by atoms with Gasteiger partial charge in [0.25, 0.3) is 0 Å². The van der Waals surface area contributed by atoms with Gasteiger partial charge in [-0.05, 0) is 123 Å². The zero-order valence-electron chi connectivity index (χ0n) is 50.2. The van der Waals surface area contributed by atoms with Crippen LogP contribution in [0.2, 0.25) is 0 Å². The van der Waals surface area contributed by atoms with E-state index < -0.39 is 107 Å². The first-order valence-electron chi connectivity index (χ1n) is 30.4. The third-order valence-electron chi connectivity index (χ3n) is 16.2. The van der Waals surface area contributed by atoms with Crippen molar-refractivity contribution in [3.05, 3.63) is 131 Å². The summed E-state index contributed by atoms with van der Waals surface area (Å²) >= 11 is 2.89. The summed E-state index contributed by atoms with van der Waals surface area (Å²) in [7, 11) is 0. The topological polar surface area (TPSA) is 350 Å². The zero-order valence-corrected chi connectivity index (χ0v) is 51.9. The molecule has 0 saturated carbocycles. The Morgan fingerprint density at radius 2 is 1.31 bits per heavy atom. The molecule has 480 valence electrons. The lowest BCUT2D eigenvalue weighted by atomic mass is 10.00. The summed E-state index contributed by atoms with van der Waals surface area (Å²) in [5, 5.41) is 27.2. The highest BCUT2D eigenvalue weighted by atomic mass is 32.2. The maximum atomic E-state index is 15.0. The summed E-state index contributed by atoms with van der Waals surface area (Å²) in [5.41, 5.74) is 15.6. The second-order valence-electron chi connectivity index (χ2n) is 23.0. The van der Waals surface area contributed by atoms with Crippen molar-refractivity contribution in [2.24, 2.45) is 11.5 Å². The number of H-pyrrole nitrogens is 1. The molecule has 8 rings (SSSR count). The van der Waals surface area contributed by atoms with E-state index in [4.69, 9.17) is 11.5 Å². The number of fused-ring (bicyclic) bond motifs is 5. The number of nitrogens with one attached hydrogen (secondary N) is 7. The lowest BCUT2D eigenvalue weighted by molar-refractivity contribution is -0.143. The van der Waals surface area contributed by atoms with E-state index in [1.807, 2.05) is 24.3 Å². The summed E-state index contributed by atoms with van der Waals surface area (Å²) in [5.74, 6) is -5.40. The van der Waals surface area contributed by atoms with Crippen molar-refractivity contribution in [1.29, 1.82) is 0 Å². The van der Waals surface area contributed by atoms with E-state index >= 15 is 0 Å².